The first-order valence-electron chi connectivity index (χ1n) is 26.0. The number of aromatic amines is 1. The number of aromatic hydroxyl groups is 2. The molecular formula is C55H75NO10. The number of fused-ring (bicyclic) bond motifs is 11. The molecule has 11 nitrogen and oxygen atoms in total. The number of phenolic OH excluding ortho intramolecular Hbond substituents is 1. The summed E-state index contributed by atoms with van der Waals surface area (Å²) in [5, 5.41) is 82.3. The number of methoxy groups -OCH3 is 1. The molecule has 7 fully saturated rings. The number of hydrogen-bond donors (Lipinski definition) is 8. The predicted octanol–water partition coefficient (Wildman–Crippen LogP) is 8.82. The van der Waals surface area contributed by atoms with Gasteiger partial charge in [-0.05, 0) is 177 Å². The van der Waals surface area contributed by atoms with E-state index >= 15 is 0 Å². The summed E-state index contributed by atoms with van der Waals surface area (Å²) in [7, 11) is 1.45. The lowest BCUT2D eigenvalue weighted by atomic mass is 9.45. The fourth-order valence-electron chi connectivity index (χ4n) is 16.8. The number of H-pyrrole nitrogens is 1. The first kappa shape index (κ1) is 45.1. The predicted molar refractivity (Wildman–Crippen MR) is 248 cm³/mol. The van der Waals surface area contributed by atoms with Crippen molar-refractivity contribution in [3.63, 3.8) is 0 Å². The summed E-state index contributed by atoms with van der Waals surface area (Å²) in [4.78, 5) is 3.09. The molecule has 360 valence electrons. The van der Waals surface area contributed by atoms with Gasteiger partial charge in [0, 0.05) is 42.3 Å². The van der Waals surface area contributed by atoms with Gasteiger partial charge in [0.2, 0.25) is 5.75 Å². The molecule has 11 heteroatoms. The van der Waals surface area contributed by atoms with E-state index in [1.807, 2.05) is 18.5 Å². The quantitative estimate of drug-likeness (QED) is 0.111. The minimum atomic E-state index is -0.748. The molecule has 0 amide bonds. The summed E-state index contributed by atoms with van der Waals surface area (Å²) in [6.45, 7) is 0.0413. The second kappa shape index (κ2) is 17.9. The molecule has 8 aliphatic rings. The summed E-state index contributed by atoms with van der Waals surface area (Å²) in [6, 6.07) is 8.76. The Morgan fingerprint density at radius 1 is 0.788 bits per heavy atom. The van der Waals surface area contributed by atoms with Crippen LogP contribution in [0.25, 0.3) is 0 Å². The van der Waals surface area contributed by atoms with Gasteiger partial charge in [0.15, 0.2) is 11.5 Å². The van der Waals surface area contributed by atoms with Crippen molar-refractivity contribution in [3.8, 4) is 23.0 Å². The van der Waals surface area contributed by atoms with Crippen LogP contribution in [0.5, 0.6) is 23.0 Å². The molecule has 6 aliphatic carbocycles. The first-order valence-corrected chi connectivity index (χ1v) is 26.0. The first-order chi connectivity index (χ1) is 32.0. The van der Waals surface area contributed by atoms with Crippen molar-refractivity contribution in [2.45, 2.75) is 183 Å². The van der Waals surface area contributed by atoms with Gasteiger partial charge in [-0.2, -0.15) is 0 Å². The lowest BCUT2D eigenvalue weighted by Crippen LogP contribution is -2.57. The van der Waals surface area contributed by atoms with E-state index in [9.17, 15) is 35.7 Å². The number of nitrogens with one attached hydrogen (secondary N) is 1. The van der Waals surface area contributed by atoms with Gasteiger partial charge in [0.25, 0.3) is 0 Å². The maximum absolute atomic E-state index is 12.9. The van der Waals surface area contributed by atoms with Gasteiger partial charge in [-0.1, -0.05) is 37.8 Å². The highest BCUT2D eigenvalue weighted by Gasteiger charge is 2.62. The SMILES string of the molecule is COc1c(O)c(O)c(CO)c(C2CC(O)C3CCC(c4ccc5c(c4)C4C6C(O)CC7CCCC7C6CC6(CCCC6)C4C(O)CCC4(O)CCC(CCO5)C4)CC3O2)c1Cc1cc[nH]c1. The number of aliphatic hydroxyl groups is 5. The zero-order valence-electron chi connectivity index (χ0n) is 39.0. The normalized spacial score (nSPS) is 39.5. The number of hydrogen-bond acceptors (Lipinski definition) is 10. The van der Waals surface area contributed by atoms with E-state index in [4.69, 9.17) is 14.2 Å². The third-order valence-electron chi connectivity index (χ3n) is 19.7. The number of aliphatic hydroxyl groups excluding tert-OH is 4. The monoisotopic (exact) mass is 910 g/mol. The van der Waals surface area contributed by atoms with Gasteiger partial charge in [-0.25, -0.2) is 0 Å². The molecular weight excluding hydrogens is 835 g/mol. The Morgan fingerprint density at radius 2 is 1.62 bits per heavy atom. The van der Waals surface area contributed by atoms with Crippen molar-refractivity contribution in [2.75, 3.05) is 13.7 Å². The molecule has 1 saturated heterocycles. The van der Waals surface area contributed by atoms with Crippen LogP contribution in [-0.4, -0.2) is 84.5 Å². The van der Waals surface area contributed by atoms with Crippen LogP contribution >= 0.6 is 0 Å². The van der Waals surface area contributed by atoms with E-state index in [2.05, 4.69) is 23.2 Å². The third kappa shape index (κ3) is 7.78. The van der Waals surface area contributed by atoms with Crippen molar-refractivity contribution < 1.29 is 50.0 Å². The Bertz CT molecular complexity index is 2200. The van der Waals surface area contributed by atoms with Crippen LogP contribution in [0.3, 0.4) is 0 Å². The van der Waals surface area contributed by atoms with E-state index in [0.717, 1.165) is 81.1 Å². The Labute approximate surface area is 390 Å². The molecule has 3 aromatic rings. The molecule has 2 bridgehead atoms. The highest BCUT2D eigenvalue weighted by atomic mass is 16.5. The number of ether oxygens (including phenoxy) is 3. The minimum absolute atomic E-state index is 0.0192. The standard InChI is InChI=1S/C55H75NO10/c1-64-53-38(21-31-13-19-56-28-31)47(40(29-57)51(61)52(53)62)46-25-42(59)36-9-7-33(24-45(36)66-46)32-8-10-44-37(22-32)49-48-39(35-6-4-5-34(35)23-43(48)60)27-54(15-2-3-16-54)50(49)41(58)12-18-55(63)17-11-30(26-55)14-20-65-44/h8,10,13,19,22,28,30,33-36,39,41-43,45-46,48-50,56-63H,2-7,9,11-12,14-18,20-21,23-27,29H2,1H3. The average molecular weight is 910 g/mol. The highest BCUT2D eigenvalue weighted by molar-refractivity contribution is 5.64. The zero-order valence-corrected chi connectivity index (χ0v) is 39.0. The molecule has 2 aromatic carbocycles. The van der Waals surface area contributed by atoms with Crippen molar-refractivity contribution in [3.05, 3.63) is 70.0 Å². The summed E-state index contributed by atoms with van der Waals surface area (Å²) in [5.41, 5.74) is 3.83. The van der Waals surface area contributed by atoms with E-state index in [1.165, 1.54) is 44.8 Å². The summed E-state index contributed by atoms with van der Waals surface area (Å²) < 4.78 is 19.8. The van der Waals surface area contributed by atoms with E-state index in [-0.39, 0.29) is 58.8 Å². The van der Waals surface area contributed by atoms with Crippen molar-refractivity contribution in [2.24, 2.45) is 46.8 Å². The topological polar surface area (TPSA) is 185 Å². The van der Waals surface area contributed by atoms with Crippen LogP contribution in [0.1, 0.15) is 173 Å². The Kier molecular flexibility index (Phi) is 12.2. The van der Waals surface area contributed by atoms with Gasteiger partial charge in [-0.3, -0.25) is 0 Å². The van der Waals surface area contributed by atoms with Crippen LogP contribution in [0, 0.1) is 46.8 Å². The molecule has 66 heavy (non-hydrogen) atoms. The van der Waals surface area contributed by atoms with Crippen LogP contribution in [0.2, 0.25) is 0 Å². The van der Waals surface area contributed by atoms with Gasteiger partial charge in [-0.15, -0.1) is 0 Å². The van der Waals surface area contributed by atoms with Crippen molar-refractivity contribution in [1.29, 1.82) is 0 Å². The number of rotatable bonds is 6. The van der Waals surface area contributed by atoms with Gasteiger partial charge in [0.05, 0.1) is 56.4 Å². The molecule has 2 aliphatic heterocycles. The van der Waals surface area contributed by atoms with Crippen LogP contribution in [-0.2, 0) is 17.8 Å². The molecule has 1 spiro atoms. The molecule has 1 aromatic heterocycles. The molecule has 15 atom stereocenters. The third-order valence-corrected chi connectivity index (χ3v) is 19.7. The lowest BCUT2D eigenvalue weighted by Gasteiger charge is -2.60. The Balaban J connectivity index is 0.972. The Hall–Kier alpha value is -3.32. The van der Waals surface area contributed by atoms with E-state index < -0.39 is 48.1 Å². The second-order valence-corrected chi connectivity index (χ2v) is 22.9. The van der Waals surface area contributed by atoms with Gasteiger partial charge >= 0.3 is 0 Å². The molecule has 8 N–H and O–H groups in total. The molecule has 6 saturated carbocycles. The van der Waals surface area contributed by atoms with E-state index in [0.29, 0.717) is 67.1 Å². The van der Waals surface area contributed by atoms with Crippen LogP contribution in [0.15, 0.2) is 36.7 Å². The lowest BCUT2D eigenvalue weighted by molar-refractivity contribution is -0.154. The fraction of sp³-hybridized carbons (Fsp3) is 0.709. The molecule has 11 rings (SSSR count). The van der Waals surface area contributed by atoms with Crippen LogP contribution < -0.4 is 9.47 Å². The second-order valence-electron chi connectivity index (χ2n) is 22.9. The fourth-order valence-corrected chi connectivity index (χ4v) is 16.8. The van der Waals surface area contributed by atoms with Crippen molar-refractivity contribution in [1.82, 2.24) is 4.98 Å². The summed E-state index contributed by atoms with van der Waals surface area (Å²) in [5.74, 6) is 1.99. The minimum Gasteiger partial charge on any atom is -0.504 e. The molecule has 15 unspecified atom stereocenters. The zero-order chi connectivity index (χ0) is 45.5. The smallest absolute Gasteiger partial charge is 0.201 e. The van der Waals surface area contributed by atoms with Crippen LogP contribution in [0.4, 0.5) is 0 Å². The highest BCUT2D eigenvalue weighted by Crippen LogP contribution is 2.68. The Morgan fingerprint density at radius 3 is 2.41 bits per heavy atom. The van der Waals surface area contributed by atoms with Gasteiger partial charge < -0.3 is 54.9 Å². The summed E-state index contributed by atoms with van der Waals surface area (Å²) >= 11 is 0. The average Bonchev–Trinajstić information content (AvgIpc) is 4.16. The largest absolute Gasteiger partial charge is 0.504 e. The van der Waals surface area contributed by atoms with Crippen molar-refractivity contribution >= 4 is 0 Å². The maximum atomic E-state index is 12.9. The number of benzene rings is 2. The maximum Gasteiger partial charge on any atom is 0.201 e. The number of aromatic nitrogens is 1. The molecule has 3 heterocycles. The van der Waals surface area contributed by atoms with E-state index in [1.54, 1.807) is 0 Å². The summed E-state index contributed by atoms with van der Waals surface area (Å²) in [6.07, 6.45) is 18.6. The van der Waals surface area contributed by atoms with Gasteiger partial charge in [0.1, 0.15) is 5.75 Å². The number of phenols is 2. The molecule has 0 radical (unpaired) electrons.